The SMILES string of the molecule is CCc1nn2c(=O)cc(COC(=O)c3ccccc3O)nc2s1. The number of esters is 1. The van der Waals surface area contributed by atoms with Crippen molar-refractivity contribution in [2.75, 3.05) is 0 Å². The number of carbonyl (C=O) groups is 1. The van der Waals surface area contributed by atoms with E-state index in [0.717, 1.165) is 5.01 Å². The molecule has 2 heterocycles. The summed E-state index contributed by atoms with van der Waals surface area (Å²) in [5.74, 6) is -0.834. The van der Waals surface area contributed by atoms with Crippen LogP contribution in [0.25, 0.3) is 4.96 Å². The van der Waals surface area contributed by atoms with Crippen LogP contribution in [-0.4, -0.2) is 25.7 Å². The molecule has 3 rings (SSSR count). The van der Waals surface area contributed by atoms with Gasteiger partial charge in [-0.2, -0.15) is 9.61 Å². The molecule has 2 aromatic heterocycles. The molecule has 3 aromatic rings. The highest BCUT2D eigenvalue weighted by Gasteiger charge is 2.13. The highest BCUT2D eigenvalue weighted by molar-refractivity contribution is 7.16. The van der Waals surface area contributed by atoms with Crippen molar-refractivity contribution in [3.05, 3.63) is 57.0 Å². The second kappa shape index (κ2) is 6.17. The van der Waals surface area contributed by atoms with Crippen LogP contribution in [0.1, 0.15) is 28.0 Å². The zero-order valence-electron chi connectivity index (χ0n) is 12.2. The average Bonchev–Trinajstić information content (AvgIpc) is 2.97. The number of phenolic OH excluding ortho intramolecular Hbond substituents is 1. The van der Waals surface area contributed by atoms with Gasteiger partial charge >= 0.3 is 5.97 Å². The normalized spacial score (nSPS) is 10.8. The van der Waals surface area contributed by atoms with Crippen molar-refractivity contribution < 1.29 is 14.6 Å². The Morgan fingerprint density at radius 3 is 2.91 bits per heavy atom. The number of aromatic hydroxyl groups is 1. The zero-order valence-corrected chi connectivity index (χ0v) is 13.0. The van der Waals surface area contributed by atoms with Crippen LogP contribution in [0.4, 0.5) is 0 Å². The van der Waals surface area contributed by atoms with E-state index >= 15 is 0 Å². The highest BCUT2D eigenvalue weighted by Crippen LogP contribution is 2.17. The number of hydrogen-bond donors (Lipinski definition) is 1. The van der Waals surface area contributed by atoms with Crippen LogP contribution in [0.15, 0.2) is 35.1 Å². The van der Waals surface area contributed by atoms with Crippen molar-refractivity contribution in [3.8, 4) is 5.75 Å². The molecule has 0 aliphatic heterocycles. The number of nitrogens with zero attached hydrogens (tertiary/aromatic N) is 3. The first-order valence-electron chi connectivity index (χ1n) is 6.92. The molecule has 8 heteroatoms. The molecule has 1 N–H and O–H groups in total. The van der Waals surface area contributed by atoms with Crippen molar-refractivity contribution in [3.63, 3.8) is 0 Å². The fraction of sp³-hybridized carbons (Fsp3) is 0.200. The third kappa shape index (κ3) is 3.07. The van der Waals surface area contributed by atoms with Crippen LogP contribution in [0, 0.1) is 0 Å². The Morgan fingerprint density at radius 2 is 2.17 bits per heavy atom. The maximum Gasteiger partial charge on any atom is 0.342 e. The van der Waals surface area contributed by atoms with E-state index in [1.54, 1.807) is 12.1 Å². The number of carbonyl (C=O) groups excluding carboxylic acids is 1. The number of hydrogen-bond acceptors (Lipinski definition) is 7. The molecule has 118 valence electrons. The largest absolute Gasteiger partial charge is 0.507 e. The maximum atomic E-state index is 12.0. The smallest absolute Gasteiger partial charge is 0.342 e. The molecular weight excluding hydrogens is 318 g/mol. The van der Waals surface area contributed by atoms with Crippen LogP contribution in [0.3, 0.4) is 0 Å². The van der Waals surface area contributed by atoms with E-state index in [2.05, 4.69) is 10.1 Å². The number of aryl methyl sites for hydroxylation is 1. The van der Waals surface area contributed by atoms with Crippen LogP contribution >= 0.6 is 11.3 Å². The first kappa shape index (κ1) is 15.2. The summed E-state index contributed by atoms with van der Waals surface area (Å²) in [7, 11) is 0. The Kier molecular flexibility index (Phi) is 4.07. The third-order valence-electron chi connectivity index (χ3n) is 3.12. The van der Waals surface area contributed by atoms with Gasteiger partial charge in [-0.3, -0.25) is 4.79 Å². The van der Waals surface area contributed by atoms with E-state index in [9.17, 15) is 14.7 Å². The lowest BCUT2D eigenvalue weighted by molar-refractivity contribution is 0.0464. The van der Waals surface area contributed by atoms with Gasteiger partial charge in [0.05, 0.1) is 5.69 Å². The van der Waals surface area contributed by atoms with Crippen LogP contribution in [0.5, 0.6) is 5.75 Å². The predicted octanol–water partition coefficient (Wildman–Crippen LogP) is 1.78. The lowest BCUT2D eigenvalue weighted by Crippen LogP contribution is -2.16. The number of fused-ring (bicyclic) bond motifs is 1. The Labute approximate surface area is 134 Å². The summed E-state index contributed by atoms with van der Waals surface area (Å²) in [4.78, 5) is 28.7. The van der Waals surface area contributed by atoms with E-state index in [4.69, 9.17) is 4.74 Å². The minimum absolute atomic E-state index is 0.0661. The number of phenols is 1. The monoisotopic (exact) mass is 331 g/mol. The molecule has 1 aromatic carbocycles. The minimum Gasteiger partial charge on any atom is -0.507 e. The molecule has 7 nitrogen and oxygen atoms in total. The number of rotatable bonds is 4. The summed E-state index contributed by atoms with van der Waals surface area (Å²) in [6.45, 7) is 1.79. The van der Waals surface area contributed by atoms with Crippen molar-refractivity contribution >= 4 is 22.3 Å². The molecule has 0 amide bonds. The van der Waals surface area contributed by atoms with Crippen molar-refractivity contribution in [1.82, 2.24) is 14.6 Å². The van der Waals surface area contributed by atoms with Crippen molar-refractivity contribution in [2.45, 2.75) is 20.0 Å². The summed E-state index contributed by atoms with van der Waals surface area (Å²) in [5, 5.41) is 14.6. The van der Waals surface area contributed by atoms with E-state index in [1.165, 1.54) is 34.1 Å². The van der Waals surface area contributed by atoms with Gasteiger partial charge in [0.25, 0.3) is 5.56 Å². The van der Waals surface area contributed by atoms with E-state index in [-0.39, 0.29) is 23.5 Å². The Morgan fingerprint density at radius 1 is 1.39 bits per heavy atom. The number of para-hydroxylation sites is 1. The summed E-state index contributed by atoms with van der Waals surface area (Å²) in [6, 6.07) is 7.37. The second-order valence-electron chi connectivity index (χ2n) is 4.72. The van der Waals surface area contributed by atoms with Gasteiger partial charge in [0, 0.05) is 6.07 Å². The molecule has 0 radical (unpaired) electrons. The molecule has 0 aliphatic rings. The van der Waals surface area contributed by atoms with Gasteiger partial charge in [-0.25, -0.2) is 9.78 Å². The molecule has 0 unspecified atom stereocenters. The fourth-order valence-corrected chi connectivity index (χ4v) is 2.83. The van der Waals surface area contributed by atoms with E-state index < -0.39 is 5.97 Å². The average molecular weight is 331 g/mol. The summed E-state index contributed by atoms with van der Waals surface area (Å²) in [6.07, 6.45) is 0.713. The number of aromatic nitrogens is 3. The third-order valence-corrected chi connectivity index (χ3v) is 4.17. The minimum atomic E-state index is -0.677. The zero-order chi connectivity index (χ0) is 16.4. The molecular formula is C15H13N3O4S. The fourth-order valence-electron chi connectivity index (χ4n) is 1.98. The van der Waals surface area contributed by atoms with E-state index in [1.807, 2.05) is 6.92 Å². The molecule has 23 heavy (non-hydrogen) atoms. The molecule has 0 atom stereocenters. The molecule has 0 spiro atoms. The van der Waals surface area contributed by atoms with E-state index in [0.29, 0.717) is 17.1 Å². The molecule has 0 saturated heterocycles. The molecule has 0 aliphatic carbocycles. The molecule has 0 saturated carbocycles. The Hall–Kier alpha value is -2.74. The summed E-state index contributed by atoms with van der Waals surface area (Å²) >= 11 is 1.32. The standard InChI is InChI=1S/C15H13N3O4S/c1-2-12-17-18-13(20)7-9(16-15(18)23-12)8-22-14(21)10-5-3-4-6-11(10)19/h3-7,19H,2,8H2,1H3. The lowest BCUT2D eigenvalue weighted by Gasteiger charge is -2.05. The number of ether oxygens (including phenoxy) is 1. The van der Waals surface area contributed by atoms with Crippen molar-refractivity contribution in [2.24, 2.45) is 0 Å². The first-order valence-corrected chi connectivity index (χ1v) is 7.74. The summed E-state index contributed by atoms with van der Waals surface area (Å²) < 4.78 is 6.34. The quantitative estimate of drug-likeness (QED) is 0.732. The van der Waals surface area contributed by atoms with Gasteiger partial charge in [-0.1, -0.05) is 30.4 Å². The highest BCUT2D eigenvalue weighted by atomic mass is 32.1. The van der Waals surface area contributed by atoms with Gasteiger partial charge in [0.1, 0.15) is 22.9 Å². The first-order chi connectivity index (χ1) is 11.1. The van der Waals surface area contributed by atoms with Crippen LogP contribution in [-0.2, 0) is 17.8 Å². The van der Waals surface area contributed by atoms with Crippen molar-refractivity contribution in [1.29, 1.82) is 0 Å². The Bertz CT molecular complexity index is 932. The van der Waals surface area contributed by atoms with Gasteiger partial charge in [0.15, 0.2) is 0 Å². The van der Waals surface area contributed by atoms with Gasteiger partial charge in [-0.15, -0.1) is 0 Å². The maximum absolute atomic E-state index is 12.0. The second-order valence-corrected chi connectivity index (χ2v) is 5.76. The topological polar surface area (TPSA) is 93.8 Å². The number of benzene rings is 1. The summed E-state index contributed by atoms with van der Waals surface area (Å²) in [5.41, 5.74) is 0.0843. The van der Waals surface area contributed by atoms with Gasteiger partial charge in [-0.05, 0) is 18.6 Å². The van der Waals surface area contributed by atoms with Crippen LogP contribution in [0.2, 0.25) is 0 Å². The lowest BCUT2D eigenvalue weighted by atomic mass is 10.2. The predicted molar refractivity (Wildman–Crippen MR) is 83.7 cm³/mol. The molecule has 0 bridgehead atoms. The van der Waals surface area contributed by atoms with Gasteiger partial charge < -0.3 is 9.84 Å². The molecule has 0 fully saturated rings. The van der Waals surface area contributed by atoms with Gasteiger partial charge in [0.2, 0.25) is 4.96 Å². The Balaban J connectivity index is 1.81. The van der Waals surface area contributed by atoms with Crippen LogP contribution < -0.4 is 5.56 Å².